The van der Waals surface area contributed by atoms with E-state index in [9.17, 15) is 0 Å². The van der Waals surface area contributed by atoms with E-state index in [0.29, 0.717) is 11.6 Å². The summed E-state index contributed by atoms with van der Waals surface area (Å²) in [5, 5.41) is 0. The molecule has 0 saturated heterocycles. The SMILES string of the molecule is CCc1nc(-c2ccccn2)nc(N)c1I. The summed E-state index contributed by atoms with van der Waals surface area (Å²) in [6.45, 7) is 2.05. The zero-order valence-electron chi connectivity index (χ0n) is 8.81. The van der Waals surface area contributed by atoms with E-state index in [1.54, 1.807) is 6.20 Å². The third-order valence-electron chi connectivity index (χ3n) is 2.17. The lowest BCUT2D eigenvalue weighted by Gasteiger charge is -2.06. The third kappa shape index (κ3) is 2.13. The highest BCUT2D eigenvalue weighted by Gasteiger charge is 2.10. The molecule has 2 rings (SSSR count). The van der Waals surface area contributed by atoms with E-state index in [4.69, 9.17) is 5.73 Å². The van der Waals surface area contributed by atoms with E-state index >= 15 is 0 Å². The maximum atomic E-state index is 5.85. The molecule has 0 spiro atoms. The summed E-state index contributed by atoms with van der Waals surface area (Å²) < 4.78 is 0.930. The van der Waals surface area contributed by atoms with Gasteiger partial charge in [-0.25, -0.2) is 9.97 Å². The van der Waals surface area contributed by atoms with Gasteiger partial charge in [-0.2, -0.15) is 0 Å². The molecule has 0 aliphatic rings. The summed E-state index contributed by atoms with van der Waals surface area (Å²) in [5.41, 5.74) is 7.56. The molecule has 0 bridgehead atoms. The van der Waals surface area contributed by atoms with E-state index in [-0.39, 0.29) is 0 Å². The number of hydrogen-bond donors (Lipinski definition) is 1. The van der Waals surface area contributed by atoms with Crippen LogP contribution in [0.15, 0.2) is 24.4 Å². The average Bonchev–Trinajstić information content (AvgIpc) is 2.33. The Kier molecular flexibility index (Phi) is 3.33. The van der Waals surface area contributed by atoms with Crippen molar-refractivity contribution in [1.29, 1.82) is 0 Å². The smallest absolute Gasteiger partial charge is 0.180 e. The number of nitrogen functional groups attached to an aromatic ring is 1. The summed E-state index contributed by atoms with van der Waals surface area (Å²) in [6.07, 6.45) is 2.56. The predicted molar refractivity (Wildman–Crippen MR) is 71.8 cm³/mol. The van der Waals surface area contributed by atoms with Crippen molar-refractivity contribution in [3.05, 3.63) is 33.7 Å². The van der Waals surface area contributed by atoms with Crippen LogP contribution in [0.25, 0.3) is 11.5 Å². The van der Waals surface area contributed by atoms with E-state index in [1.807, 2.05) is 25.1 Å². The quantitative estimate of drug-likeness (QED) is 0.860. The number of nitrogens with zero attached hydrogens (tertiary/aromatic N) is 3. The van der Waals surface area contributed by atoms with Gasteiger partial charge in [-0.1, -0.05) is 13.0 Å². The first-order chi connectivity index (χ1) is 7.72. The van der Waals surface area contributed by atoms with E-state index in [0.717, 1.165) is 21.4 Å². The number of hydrogen-bond acceptors (Lipinski definition) is 4. The molecule has 0 saturated carbocycles. The fourth-order valence-electron chi connectivity index (χ4n) is 1.36. The molecule has 16 heavy (non-hydrogen) atoms. The maximum absolute atomic E-state index is 5.85. The second-order valence-corrected chi connectivity index (χ2v) is 4.34. The van der Waals surface area contributed by atoms with Crippen LogP contribution in [-0.2, 0) is 6.42 Å². The van der Waals surface area contributed by atoms with Gasteiger partial charge >= 0.3 is 0 Å². The van der Waals surface area contributed by atoms with Gasteiger partial charge in [0.05, 0.1) is 9.26 Å². The standard InChI is InChI=1S/C11H11IN4/c1-2-7-9(12)10(13)16-11(15-7)8-5-3-4-6-14-8/h3-6H,2H2,1H3,(H2,13,15,16). The lowest BCUT2D eigenvalue weighted by Crippen LogP contribution is -2.04. The van der Waals surface area contributed by atoms with Gasteiger partial charge in [0.2, 0.25) is 0 Å². The molecule has 0 atom stereocenters. The van der Waals surface area contributed by atoms with E-state index < -0.39 is 0 Å². The van der Waals surface area contributed by atoms with Crippen LogP contribution in [0.1, 0.15) is 12.6 Å². The number of halogens is 1. The summed E-state index contributed by atoms with van der Waals surface area (Å²) in [5.74, 6) is 1.11. The minimum absolute atomic E-state index is 0.521. The van der Waals surface area contributed by atoms with Gasteiger partial charge in [-0.3, -0.25) is 4.98 Å². The van der Waals surface area contributed by atoms with Gasteiger partial charge in [0, 0.05) is 6.20 Å². The topological polar surface area (TPSA) is 64.7 Å². The summed E-state index contributed by atoms with van der Waals surface area (Å²) in [7, 11) is 0. The Balaban J connectivity index is 2.55. The minimum atomic E-state index is 0.521. The van der Waals surface area contributed by atoms with Crippen LogP contribution < -0.4 is 5.73 Å². The van der Waals surface area contributed by atoms with Crippen LogP contribution in [0.4, 0.5) is 5.82 Å². The van der Waals surface area contributed by atoms with Gasteiger partial charge in [0.1, 0.15) is 11.5 Å². The molecule has 2 aromatic rings. The van der Waals surface area contributed by atoms with Gasteiger partial charge in [0.25, 0.3) is 0 Å². The van der Waals surface area contributed by atoms with Crippen LogP contribution >= 0.6 is 22.6 Å². The molecule has 0 radical (unpaired) electrons. The summed E-state index contributed by atoms with van der Waals surface area (Å²) in [4.78, 5) is 12.9. The molecule has 0 amide bonds. The first-order valence-electron chi connectivity index (χ1n) is 4.95. The van der Waals surface area contributed by atoms with Gasteiger partial charge in [0.15, 0.2) is 5.82 Å². The lowest BCUT2D eigenvalue weighted by molar-refractivity contribution is 0.987. The zero-order chi connectivity index (χ0) is 11.5. The Morgan fingerprint density at radius 1 is 1.31 bits per heavy atom. The molecule has 0 aromatic carbocycles. The van der Waals surface area contributed by atoms with Crippen molar-refractivity contribution in [3.63, 3.8) is 0 Å². The van der Waals surface area contributed by atoms with Crippen molar-refractivity contribution in [2.45, 2.75) is 13.3 Å². The number of aryl methyl sites for hydroxylation is 1. The molecule has 0 aliphatic carbocycles. The Bertz CT molecular complexity index is 499. The normalized spacial score (nSPS) is 10.4. The fraction of sp³-hybridized carbons (Fsp3) is 0.182. The zero-order valence-corrected chi connectivity index (χ0v) is 11.0. The van der Waals surface area contributed by atoms with E-state index in [2.05, 4.69) is 37.5 Å². The average molecular weight is 326 g/mol. The summed E-state index contributed by atoms with van der Waals surface area (Å²) in [6, 6.07) is 5.65. The number of pyridine rings is 1. The molecule has 5 heteroatoms. The van der Waals surface area contributed by atoms with Crippen LogP contribution in [0, 0.1) is 3.57 Å². The summed E-state index contributed by atoms with van der Waals surface area (Å²) >= 11 is 2.17. The van der Waals surface area contributed by atoms with Crippen molar-refractivity contribution >= 4 is 28.4 Å². The van der Waals surface area contributed by atoms with Crippen molar-refractivity contribution in [2.24, 2.45) is 0 Å². The lowest BCUT2D eigenvalue weighted by atomic mass is 10.3. The largest absolute Gasteiger partial charge is 0.383 e. The molecule has 4 nitrogen and oxygen atoms in total. The Morgan fingerprint density at radius 3 is 2.75 bits per heavy atom. The van der Waals surface area contributed by atoms with Gasteiger partial charge in [-0.05, 0) is 41.1 Å². The molecular weight excluding hydrogens is 315 g/mol. The first-order valence-corrected chi connectivity index (χ1v) is 6.03. The van der Waals surface area contributed by atoms with Crippen molar-refractivity contribution in [2.75, 3.05) is 5.73 Å². The molecule has 2 N–H and O–H groups in total. The second-order valence-electron chi connectivity index (χ2n) is 3.26. The highest BCUT2D eigenvalue weighted by molar-refractivity contribution is 14.1. The van der Waals surface area contributed by atoms with E-state index in [1.165, 1.54) is 0 Å². The maximum Gasteiger partial charge on any atom is 0.180 e. The number of nitrogens with two attached hydrogens (primary N) is 1. The fourth-order valence-corrected chi connectivity index (χ4v) is 1.98. The van der Waals surface area contributed by atoms with Gasteiger partial charge < -0.3 is 5.73 Å². The molecule has 0 fully saturated rings. The molecule has 82 valence electrons. The monoisotopic (exact) mass is 326 g/mol. The van der Waals surface area contributed by atoms with Crippen molar-refractivity contribution in [1.82, 2.24) is 15.0 Å². The Morgan fingerprint density at radius 2 is 2.12 bits per heavy atom. The number of rotatable bonds is 2. The molecule has 0 aliphatic heterocycles. The number of anilines is 1. The van der Waals surface area contributed by atoms with Crippen molar-refractivity contribution in [3.8, 4) is 11.5 Å². The minimum Gasteiger partial charge on any atom is -0.383 e. The van der Waals surface area contributed by atoms with Crippen LogP contribution in [0.3, 0.4) is 0 Å². The molecule has 0 unspecified atom stereocenters. The van der Waals surface area contributed by atoms with Crippen LogP contribution in [0.2, 0.25) is 0 Å². The molecular formula is C11H11IN4. The Labute approximate surface area is 107 Å². The number of aromatic nitrogens is 3. The predicted octanol–water partition coefficient (Wildman–Crippen LogP) is 2.29. The van der Waals surface area contributed by atoms with Crippen molar-refractivity contribution < 1.29 is 0 Å². The third-order valence-corrected chi connectivity index (χ3v) is 3.35. The van der Waals surface area contributed by atoms with Crippen LogP contribution in [0.5, 0.6) is 0 Å². The Hall–Kier alpha value is -1.24. The highest BCUT2D eigenvalue weighted by Crippen LogP contribution is 2.20. The van der Waals surface area contributed by atoms with Gasteiger partial charge in [-0.15, -0.1) is 0 Å². The van der Waals surface area contributed by atoms with Crippen LogP contribution in [-0.4, -0.2) is 15.0 Å². The highest BCUT2D eigenvalue weighted by atomic mass is 127. The molecule has 2 aromatic heterocycles. The first kappa shape index (κ1) is 11.3. The second kappa shape index (κ2) is 4.73. The molecule has 2 heterocycles.